The number of Topliss-reactive ketones (excluding diaryl/α,β-unsaturated/α-hetero) is 1. The van der Waals surface area contributed by atoms with Gasteiger partial charge >= 0.3 is 5.97 Å². The van der Waals surface area contributed by atoms with E-state index in [0.29, 0.717) is 12.8 Å². The molecular formula is C21H24N2O7. The van der Waals surface area contributed by atoms with Crippen LogP contribution >= 0.6 is 0 Å². The Morgan fingerprint density at radius 3 is 2.17 bits per heavy atom. The van der Waals surface area contributed by atoms with Gasteiger partial charge in [0.2, 0.25) is 0 Å². The smallest absolute Gasteiger partial charge is 0.330 e. The van der Waals surface area contributed by atoms with Gasteiger partial charge in [-0.15, -0.1) is 6.58 Å². The predicted octanol–water partition coefficient (Wildman–Crippen LogP) is 4.72. The summed E-state index contributed by atoms with van der Waals surface area (Å²) in [6, 6.07) is 2.87. The lowest BCUT2D eigenvalue weighted by atomic mass is 9.78. The quantitative estimate of drug-likeness (QED) is 0.0970. The van der Waals surface area contributed by atoms with Crippen molar-refractivity contribution in [3.63, 3.8) is 0 Å². The first-order valence-corrected chi connectivity index (χ1v) is 9.18. The Morgan fingerprint density at radius 2 is 1.70 bits per heavy atom. The van der Waals surface area contributed by atoms with Crippen molar-refractivity contribution in [3.05, 3.63) is 80.4 Å². The van der Waals surface area contributed by atoms with Crippen LogP contribution in [0, 0.1) is 25.6 Å². The summed E-state index contributed by atoms with van der Waals surface area (Å²) in [5, 5.41) is 22.1. The molecule has 0 aliphatic rings. The third kappa shape index (κ3) is 6.77. The van der Waals surface area contributed by atoms with Crippen molar-refractivity contribution in [1.29, 1.82) is 0 Å². The number of non-ortho nitro benzene ring substituents is 2. The van der Waals surface area contributed by atoms with Gasteiger partial charge in [-0.1, -0.05) is 23.8 Å². The molecule has 0 heterocycles. The van der Waals surface area contributed by atoms with E-state index in [-0.39, 0.29) is 12.2 Å². The summed E-state index contributed by atoms with van der Waals surface area (Å²) in [7, 11) is 0. The number of nitro benzene ring substituents is 2. The minimum atomic E-state index is -1.09. The Balaban J connectivity index is 3.04. The number of allylic oxidation sites excluding steroid dienone is 4. The second-order valence-corrected chi connectivity index (χ2v) is 6.78. The van der Waals surface area contributed by atoms with E-state index in [1.807, 2.05) is 6.08 Å². The minimum absolute atomic E-state index is 0.124. The van der Waals surface area contributed by atoms with Crippen molar-refractivity contribution >= 4 is 23.1 Å². The van der Waals surface area contributed by atoms with Gasteiger partial charge in [0.25, 0.3) is 11.4 Å². The van der Waals surface area contributed by atoms with E-state index in [2.05, 4.69) is 6.58 Å². The summed E-state index contributed by atoms with van der Waals surface area (Å²) in [4.78, 5) is 44.9. The average molecular weight is 416 g/mol. The lowest BCUT2D eigenvalue weighted by molar-refractivity contribution is -0.394. The van der Waals surface area contributed by atoms with Crippen molar-refractivity contribution in [1.82, 2.24) is 0 Å². The third-order valence-electron chi connectivity index (χ3n) is 4.45. The van der Waals surface area contributed by atoms with Crippen molar-refractivity contribution in [2.45, 2.75) is 33.6 Å². The molecule has 0 saturated carbocycles. The number of carbonyl (C=O) groups is 2. The lowest BCUT2D eigenvalue weighted by Gasteiger charge is -2.23. The molecule has 0 spiro atoms. The molecule has 1 aromatic carbocycles. The molecular weight excluding hydrogens is 392 g/mol. The second kappa shape index (κ2) is 10.8. The van der Waals surface area contributed by atoms with Gasteiger partial charge in [0.15, 0.2) is 5.78 Å². The molecule has 1 aromatic rings. The Hall–Kier alpha value is -3.62. The molecule has 9 heteroatoms. The number of ether oxygens (including phenoxy) is 1. The number of carbonyl (C=O) groups excluding carboxylic acids is 2. The van der Waals surface area contributed by atoms with Gasteiger partial charge in [-0.3, -0.25) is 25.0 Å². The molecule has 9 nitrogen and oxygen atoms in total. The number of benzene rings is 1. The maximum Gasteiger partial charge on any atom is 0.330 e. The highest BCUT2D eigenvalue weighted by molar-refractivity contribution is 6.02. The predicted molar refractivity (Wildman–Crippen MR) is 111 cm³/mol. The van der Waals surface area contributed by atoms with Crippen LogP contribution in [0.4, 0.5) is 11.4 Å². The second-order valence-electron chi connectivity index (χ2n) is 6.78. The highest BCUT2D eigenvalue weighted by atomic mass is 16.6. The van der Waals surface area contributed by atoms with Gasteiger partial charge in [-0.2, -0.15) is 0 Å². The monoisotopic (exact) mass is 416 g/mol. The van der Waals surface area contributed by atoms with E-state index in [1.54, 1.807) is 26.8 Å². The normalized spacial score (nSPS) is 13.5. The summed E-state index contributed by atoms with van der Waals surface area (Å²) < 4.78 is 4.79. The van der Waals surface area contributed by atoms with Crippen LogP contribution in [0.5, 0.6) is 0 Å². The SMILES string of the molecule is C=C[C@@](C)(CC/C=C(C)/C=C/C(=O)OCC)C(=O)c1cc([N+](=O)[O-])cc([N+](=O)[O-])c1. The zero-order valence-electron chi connectivity index (χ0n) is 17.1. The number of nitro groups is 2. The maximum absolute atomic E-state index is 13.0. The highest BCUT2D eigenvalue weighted by Gasteiger charge is 2.32. The number of ketones is 1. The van der Waals surface area contributed by atoms with Gasteiger partial charge in [-0.05, 0) is 33.6 Å². The highest BCUT2D eigenvalue weighted by Crippen LogP contribution is 2.33. The van der Waals surface area contributed by atoms with Crippen LogP contribution in [0.1, 0.15) is 44.0 Å². The number of hydrogen-bond donors (Lipinski definition) is 0. The Labute approximate surface area is 174 Å². The summed E-state index contributed by atoms with van der Waals surface area (Å²) in [5.74, 6) is -0.957. The minimum Gasteiger partial charge on any atom is -0.463 e. The fourth-order valence-corrected chi connectivity index (χ4v) is 2.63. The summed E-state index contributed by atoms with van der Waals surface area (Å²) in [6.07, 6.45) is 6.91. The molecule has 1 rings (SSSR count). The van der Waals surface area contributed by atoms with Gasteiger partial charge in [0.05, 0.1) is 22.5 Å². The van der Waals surface area contributed by atoms with Crippen LogP contribution in [-0.2, 0) is 9.53 Å². The fraction of sp³-hybridized carbons (Fsp3) is 0.333. The van der Waals surface area contributed by atoms with Crippen LogP contribution in [-0.4, -0.2) is 28.2 Å². The van der Waals surface area contributed by atoms with E-state index >= 15 is 0 Å². The first-order valence-electron chi connectivity index (χ1n) is 9.18. The molecule has 0 aliphatic heterocycles. The third-order valence-corrected chi connectivity index (χ3v) is 4.45. The van der Waals surface area contributed by atoms with Crippen LogP contribution in [0.3, 0.4) is 0 Å². The lowest BCUT2D eigenvalue weighted by Crippen LogP contribution is -2.25. The molecule has 0 aromatic heterocycles. The van der Waals surface area contributed by atoms with Gasteiger partial charge in [0, 0.05) is 29.2 Å². The topological polar surface area (TPSA) is 130 Å². The van der Waals surface area contributed by atoms with Crippen LogP contribution < -0.4 is 0 Å². The Kier molecular flexibility index (Phi) is 8.79. The van der Waals surface area contributed by atoms with Crippen molar-refractivity contribution in [3.8, 4) is 0 Å². The zero-order valence-corrected chi connectivity index (χ0v) is 17.1. The molecule has 0 aliphatic carbocycles. The van der Waals surface area contributed by atoms with E-state index in [9.17, 15) is 29.8 Å². The van der Waals surface area contributed by atoms with Crippen LogP contribution in [0.15, 0.2) is 54.7 Å². The van der Waals surface area contributed by atoms with E-state index in [4.69, 9.17) is 4.74 Å². The molecule has 160 valence electrons. The number of esters is 1. The van der Waals surface area contributed by atoms with Gasteiger partial charge in [-0.25, -0.2) is 4.79 Å². The maximum atomic E-state index is 13.0. The average Bonchev–Trinajstić information content (AvgIpc) is 2.71. The van der Waals surface area contributed by atoms with E-state index < -0.39 is 38.4 Å². The molecule has 0 N–H and O–H groups in total. The molecule has 0 amide bonds. The van der Waals surface area contributed by atoms with Gasteiger partial charge < -0.3 is 4.74 Å². The zero-order chi connectivity index (χ0) is 22.9. The molecule has 0 saturated heterocycles. The molecule has 30 heavy (non-hydrogen) atoms. The van der Waals surface area contributed by atoms with Crippen molar-refractivity contribution in [2.75, 3.05) is 6.61 Å². The number of rotatable bonds is 11. The van der Waals surface area contributed by atoms with E-state index in [0.717, 1.165) is 23.8 Å². The number of hydrogen-bond acceptors (Lipinski definition) is 7. The molecule has 0 fully saturated rings. The molecule has 0 unspecified atom stereocenters. The van der Waals surface area contributed by atoms with Crippen LogP contribution in [0.25, 0.3) is 0 Å². The van der Waals surface area contributed by atoms with Crippen molar-refractivity contribution in [2.24, 2.45) is 5.41 Å². The summed E-state index contributed by atoms with van der Waals surface area (Å²) >= 11 is 0. The first-order chi connectivity index (χ1) is 14.0. The van der Waals surface area contributed by atoms with Crippen molar-refractivity contribution < 1.29 is 24.2 Å². The first kappa shape index (κ1) is 24.4. The summed E-state index contributed by atoms with van der Waals surface area (Å²) in [6.45, 7) is 9.07. The van der Waals surface area contributed by atoms with Gasteiger partial charge in [0.1, 0.15) is 0 Å². The standard InChI is InChI=1S/C21H24N2O7/c1-5-21(4,11-7-8-15(3)9-10-19(24)30-6-2)20(25)16-12-17(22(26)27)14-18(13-16)23(28)29/h5,8-10,12-14H,1,6-7,11H2,2-4H3/b10-9+,15-8+/t21-/m0/s1. The number of nitrogens with zero attached hydrogens (tertiary/aromatic N) is 2. The Bertz CT molecular complexity index is 886. The molecule has 0 radical (unpaired) electrons. The molecule has 1 atom stereocenters. The molecule has 0 bridgehead atoms. The largest absolute Gasteiger partial charge is 0.463 e. The van der Waals surface area contributed by atoms with Crippen LogP contribution in [0.2, 0.25) is 0 Å². The fourth-order valence-electron chi connectivity index (χ4n) is 2.63. The van der Waals surface area contributed by atoms with E-state index in [1.165, 1.54) is 12.2 Å². The Morgan fingerprint density at radius 1 is 1.13 bits per heavy atom. The summed E-state index contributed by atoms with van der Waals surface area (Å²) in [5.41, 5.74) is -1.49.